The highest BCUT2D eigenvalue weighted by atomic mass is 32.2. The second kappa shape index (κ2) is 5.92. The molecule has 112 valence electrons. The molecular formula is C12H19N3O4S. The molecule has 7 nitrogen and oxygen atoms in total. The van der Waals surface area contributed by atoms with Gasteiger partial charge in [-0.3, -0.25) is 14.4 Å². The molecule has 1 unspecified atom stereocenters. The Bertz CT molecular complexity index is 581. The topological polar surface area (TPSA) is 92.5 Å². The highest BCUT2D eigenvalue weighted by Crippen LogP contribution is 2.19. The second-order valence-electron chi connectivity index (χ2n) is 4.99. The lowest BCUT2D eigenvalue weighted by molar-refractivity contribution is -0.139. The highest BCUT2D eigenvalue weighted by molar-refractivity contribution is 7.91. The molecule has 1 aliphatic heterocycles. The van der Waals surface area contributed by atoms with Crippen molar-refractivity contribution >= 4 is 15.8 Å². The average molecular weight is 301 g/mol. The molecule has 0 aromatic carbocycles. The molecular weight excluding hydrogens is 282 g/mol. The summed E-state index contributed by atoms with van der Waals surface area (Å²) in [5.74, 6) is -0.765. The molecule has 1 aliphatic rings. The molecule has 1 aromatic rings. The van der Waals surface area contributed by atoms with Crippen molar-refractivity contribution in [1.82, 2.24) is 14.7 Å². The van der Waals surface area contributed by atoms with Gasteiger partial charge in [0.15, 0.2) is 9.84 Å². The van der Waals surface area contributed by atoms with Gasteiger partial charge in [0, 0.05) is 25.3 Å². The highest BCUT2D eigenvalue weighted by Gasteiger charge is 2.33. The maximum absolute atomic E-state index is 11.6. The Hall–Kier alpha value is -1.41. The lowest BCUT2D eigenvalue weighted by atomic mass is 10.2. The van der Waals surface area contributed by atoms with E-state index in [1.54, 1.807) is 15.8 Å². The first-order chi connectivity index (χ1) is 9.41. The van der Waals surface area contributed by atoms with Crippen LogP contribution in [-0.2, 0) is 27.7 Å². The quantitative estimate of drug-likeness (QED) is 0.793. The third-order valence-corrected chi connectivity index (χ3v) is 5.28. The summed E-state index contributed by atoms with van der Waals surface area (Å²) in [5, 5.41) is 13.2. The summed E-state index contributed by atoms with van der Waals surface area (Å²) in [6, 6.07) is 1.61. The van der Waals surface area contributed by atoms with E-state index in [2.05, 4.69) is 5.10 Å². The van der Waals surface area contributed by atoms with Crippen molar-refractivity contribution in [2.45, 2.75) is 32.5 Å². The number of carboxylic acids is 1. The maximum atomic E-state index is 11.6. The smallest absolute Gasteiger partial charge is 0.317 e. The van der Waals surface area contributed by atoms with Gasteiger partial charge in [-0.1, -0.05) is 0 Å². The van der Waals surface area contributed by atoms with Gasteiger partial charge in [0.1, 0.15) is 0 Å². The van der Waals surface area contributed by atoms with Crippen LogP contribution in [0.5, 0.6) is 0 Å². The van der Waals surface area contributed by atoms with Crippen LogP contribution < -0.4 is 0 Å². The summed E-state index contributed by atoms with van der Waals surface area (Å²) >= 11 is 0. The lowest BCUT2D eigenvalue weighted by Crippen LogP contribution is -2.39. The van der Waals surface area contributed by atoms with Crippen LogP contribution in [0.4, 0.5) is 0 Å². The van der Waals surface area contributed by atoms with Crippen LogP contribution in [0, 0.1) is 0 Å². The molecule has 0 aliphatic carbocycles. The van der Waals surface area contributed by atoms with Crippen molar-refractivity contribution in [3.8, 4) is 0 Å². The number of rotatable bonds is 6. The van der Waals surface area contributed by atoms with Crippen molar-refractivity contribution in [2.24, 2.45) is 0 Å². The van der Waals surface area contributed by atoms with Crippen molar-refractivity contribution in [2.75, 3.05) is 18.1 Å². The third-order valence-electron chi connectivity index (χ3n) is 3.53. The van der Waals surface area contributed by atoms with E-state index in [4.69, 9.17) is 5.11 Å². The van der Waals surface area contributed by atoms with E-state index in [1.165, 1.54) is 0 Å². The van der Waals surface area contributed by atoms with E-state index in [-0.39, 0.29) is 24.1 Å². The fraction of sp³-hybridized carbons (Fsp3) is 0.667. The molecule has 0 amide bonds. The van der Waals surface area contributed by atoms with Gasteiger partial charge >= 0.3 is 5.97 Å². The van der Waals surface area contributed by atoms with Crippen LogP contribution in [0.3, 0.4) is 0 Å². The molecule has 20 heavy (non-hydrogen) atoms. The van der Waals surface area contributed by atoms with Crippen LogP contribution >= 0.6 is 0 Å². The Morgan fingerprint density at radius 2 is 2.35 bits per heavy atom. The Morgan fingerprint density at radius 3 is 2.90 bits per heavy atom. The number of sulfone groups is 1. The average Bonchev–Trinajstić information content (AvgIpc) is 2.93. The summed E-state index contributed by atoms with van der Waals surface area (Å²) in [6.07, 6.45) is 2.17. The Balaban J connectivity index is 2.14. The largest absolute Gasteiger partial charge is 0.480 e. The van der Waals surface area contributed by atoms with Gasteiger partial charge in [0.25, 0.3) is 0 Å². The van der Waals surface area contributed by atoms with Crippen LogP contribution in [-0.4, -0.2) is 58.3 Å². The molecule has 1 N–H and O–H groups in total. The predicted octanol–water partition coefficient (Wildman–Crippen LogP) is -0.0233. The number of hydrogen-bond acceptors (Lipinski definition) is 5. The summed E-state index contributed by atoms with van der Waals surface area (Å²) < 4.78 is 24.9. The zero-order valence-corrected chi connectivity index (χ0v) is 12.2. The van der Waals surface area contributed by atoms with Crippen molar-refractivity contribution < 1.29 is 18.3 Å². The molecule has 0 radical (unpaired) electrons. The van der Waals surface area contributed by atoms with Crippen LogP contribution in [0.2, 0.25) is 0 Å². The van der Waals surface area contributed by atoms with Crippen LogP contribution in [0.25, 0.3) is 0 Å². The number of carboxylic acid groups (broad SMARTS) is 1. The van der Waals surface area contributed by atoms with Crippen molar-refractivity contribution in [3.63, 3.8) is 0 Å². The third kappa shape index (κ3) is 3.57. The van der Waals surface area contributed by atoms with Crippen LogP contribution in [0.1, 0.15) is 19.0 Å². The minimum absolute atomic E-state index is 0.0422. The van der Waals surface area contributed by atoms with Gasteiger partial charge in [0.2, 0.25) is 0 Å². The van der Waals surface area contributed by atoms with Gasteiger partial charge < -0.3 is 5.11 Å². The molecule has 1 fully saturated rings. The first-order valence-corrected chi connectivity index (χ1v) is 8.40. The van der Waals surface area contributed by atoms with E-state index in [0.29, 0.717) is 19.5 Å². The Labute approximate surface area is 118 Å². The normalized spacial score (nSPS) is 21.4. The summed E-state index contributed by atoms with van der Waals surface area (Å²) in [5.41, 5.74) is 0.901. The molecule has 0 spiro atoms. The number of aromatic nitrogens is 2. The Kier molecular flexibility index (Phi) is 4.44. The summed E-state index contributed by atoms with van der Waals surface area (Å²) in [6.45, 7) is 2.90. The van der Waals surface area contributed by atoms with Gasteiger partial charge in [-0.05, 0) is 19.4 Å². The van der Waals surface area contributed by atoms with E-state index >= 15 is 0 Å². The monoisotopic (exact) mass is 301 g/mol. The van der Waals surface area contributed by atoms with Gasteiger partial charge in [-0.25, -0.2) is 8.42 Å². The van der Waals surface area contributed by atoms with E-state index in [0.717, 1.165) is 5.69 Å². The number of aliphatic carboxylic acids is 1. The fourth-order valence-corrected chi connectivity index (χ4v) is 4.30. The van der Waals surface area contributed by atoms with E-state index < -0.39 is 15.8 Å². The molecule has 2 heterocycles. The van der Waals surface area contributed by atoms with Crippen molar-refractivity contribution in [1.29, 1.82) is 0 Å². The minimum Gasteiger partial charge on any atom is -0.480 e. The van der Waals surface area contributed by atoms with Crippen molar-refractivity contribution in [3.05, 3.63) is 18.0 Å². The summed E-state index contributed by atoms with van der Waals surface area (Å²) in [7, 11) is -3.03. The first-order valence-electron chi connectivity index (χ1n) is 6.58. The zero-order valence-electron chi connectivity index (χ0n) is 11.4. The van der Waals surface area contributed by atoms with E-state index in [1.807, 2.05) is 13.0 Å². The van der Waals surface area contributed by atoms with Gasteiger partial charge in [-0.2, -0.15) is 5.10 Å². The fourth-order valence-electron chi connectivity index (χ4n) is 2.54. The molecule has 1 atom stereocenters. The van der Waals surface area contributed by atoms with Gasteiger partial charge in [0.05, 0.1) is 23.7 Å². The number of hydrogen-bond donors (Lipinski definition) is 1. The molecule has 1 saturated heterocycles. The minimum atomic E-state index is -3.03. The molecule has 0 bridgehead atoms. The molecule has 1 aromatic heterocycles. The number of nitrogens with zero attached hydrogens (tertiary/aromatic N) is 3. The molecule has 8 heteroatoms. The SMILES string of the molecule is CCn1nccc1CN(CC(=O)O)C1CCS(=O)(=O)C1. The Morgan fingerprint density at radius 1 is 1.60 bits per heavy atom. The maximum Gasteiger partial charge on any atom is 0.317 e. The van der Waals surface area contributed by atoms with E-state index in [9.17, 15) is 13.2 Å². The molecule has 2 rings (SSSR count). The number of carbonyl (C=O) groups is 1. The van der Waals surface area contributed by atoms with Crippen LogP contribution in [0.15, 0.2) is 12.3 Å². The second-order valence-corrected chi connectivity index (χ2v) is 7.22. The standard InChI is InChI=1S/C12H19N3O4S/c1-2-15-10(3-5-13-15)7-14(8-12(16)17)11-4-6-20(18,19)9-11/h3,5,11H,2,4,6-9H2,1H3,(H,16,17). The number of aryl methyl sites for hydroxylation is 1. The van der Waals surface area contributed by atoms with Gasteiger partial charge in [-0.15, -0.1) is 0 Å². The molecule has 0 saturated carbocycles. The first kappa shape index (κ1) is 15.0. The summed E-state index contributed by atoms with van der Waals surface area (Å²) in [4.78, 5) is 12.7. The zero-order chi connectivity index (χ0) is 14.8. The predicted molar refractivity (Wildman–Crippen MR) is 73.0 cm³/mol. The lowest BCUT2D eigenvalue weighted by Gasteiger charge is -2.26.